The fourth-order valence-corrected chi connectivity index (χ4v) is 11.3. The minimum absolute atomic E-state index is 0.0239. The van der Waals surface area contributed by atoms with E-state index in [1.54, 1.807) is 37.3 Å². The van der Waals surface area contributed by atoms with Crippen molar-refractivity contribution in [3.05, 3.63) is 136 Å². The van der Waals surface area contributed by atoms with Crippen molar-refractivity contribution < 1.29 is 42.9 Å². The average Bonchev–Trinajstić information content (AvgIpc) is 3.97. The number of anilines is 4. The number of nitrogens with zero attached hydrogens (tertiary/aromatic N) is 5. The number of thioether (sulfide) groups is 1. The Morgan fingerprint density at radius 1 is 0.792 bits per heavy atom. The largest absolute Gasteiger partial charge is 0.493 e. The molecule has 1 unspecified atom stereocenters. The van der Waals surface area contributed by atoms with Gasteiger partial charge in [0.05, 0.1) is 59.7 Å². The fourth-order valence-electron chi connectivity index (χ4n) is 10.2. The van der Waals surface area contributed by atoms with Crippen molar-refractivity contribution in [2.24, 2.45) is 4.99 Å². The van der Waals surface area contributed by atoms with Gasteiger partial charge in [-0.15, -0.1) is 11.8 Å². The lowest BCUT2D eigenvalue weighted by Gasteiger charge is -2.23. The molecule has 17 heteroatoms. The predicted molar refractivity (Wildman–Crippen MR) is 282 cm³/mol. The molecule has 368 valence electrons. The van der Waals surface area contributed by atoms with Crippen molar-refractivity contribution in [2.75, 3.05) is 60.9 Å². The number of para-hydroxylation sites is 2. The lowest BCUT2D eigenvalue weighted by atomic mass is 10.00. The van der Waals surface area contributed by atoms with Gasteiger partial charge < -0.3 is 38.9 Å². The molecular formula is C55H55BN6O9S. The monoisotopic (exact) mass is 986 g/mol. The standard InChI is InChI=1S/C55H55BN6O9S/c1-32(72-50-27-52(64)60(55(50)67)17-15-51(56)63)10-9-16-59(2)37-19-33(30-70-48-25-42-40(23-46(48)68-3)53(65)61-38(28-57-42)21-35-11-5-7-13-44(35)61)18-34(20-37)31-71-49-26-43-41(24-47(49)69-4)54(66)62-39(29-58-43)22-36-12-6-8-14-45(36)62/h5-8,11-14,18-20,23-26,28,38-39,50,58H,1,9-10,15-17,21-22,27,29-31,56H2,2-4H3/t38-,39-,50?/m0/s1. The fraction of sp³-hybridized carbons (Fsp3) is 0.309. The van der Waals surface area contributed by atoms with Gasteiger partial charge in [-0.2, -0.15) is 0 Å². The predicted octanol–water partition coefficient (Wildman–Crippen LogP) is 7.29. The minimum atomic E-state index is -0.543. The minimum Gasteiger partial charge on any atom is -0.493 e. The molecule has 5 heterocycles. The summed E-state index contributed by atoms with van der Waals surface area (Å²) in [5.41, 5.74) is 8.67. The van der Waals surface area contributed by atoms with Gasteiger partial charge >= 0.3 is 0 Å². The maximum Gasteiger partial charge on any atom is 0.261 e. The van der Waals surface area contributed by atoms with E-state index in [0.29, 0.717) is 71.4 Å². The Hall–Kier alpha value is -7.53. The second kappa shape index (κ2) is 20.3. The molecule has 0 spiro atoms. The van der Waals surface area contributed by atoms with Crippen molar-refractivity contribution >= 4 is 83.6 Å². The highest BCUT2D eigenvalue weighted by atomic mass is 32.2. The molecule has 0 radical (unpaired) electrons. The van der Waals surface area contributed by atoms with Crippen LogP contribution in [0.1, 0.15) is 68.7 Å². The summed E-state index contributed by atoms with van der Waals surface area (Å²) in [6.07, 6.45) is 4.86. The van der Waals surface area contributed by atoms with Crippen LogP contribution in [0.3, 0.4) is 0 Å². The van der Waals surface area contributed by atoms with E-state index >= 15 is 0 Å². The molecule has 10 rings (SSSR count). The van der Waals surface area contributed by atoms with Crippen molar-refractivity contribution in [3.63, 3.8) is 0 Å². The van der Waals surface area contributed by atoms with E-state index in [9.17, 15) is 24.0 Å². The second-order valence-corrected chi connectivity index (χ2v) is 20.1. The molecule has 5 aromatic rings. The van der Waals surface area contributed by atoms with Gasteiger partial charge in [-0.1, -0.05) is 43.0 Å². The van der Waals surface area contributed by atoms with Gasteiger partial charge in [-0.05, 0) is 88.9 Å². The topological polar surface area (TPSA) is 160 Å². The molecule has 72 heavy (non-hydrogen) atoms. The van der Waals surface area contributed by atoms with Crippen LogP contribution in [-0.2, 0) is 40.4 Å². The van der Waals surface area contributed by atoms with E-state index < -0.39 is 5.25 Å². The lowest BCUT2D eigenvalue weighted by molar-refractivity contribution is -0.138. The summed E-state index contributed by atoms with van der Waals surface area (Å²) in [5, 5.41) is 2.97. The zero-order valence-electron chi connectivity index (χ0n) is 40.8. The first-order valence-electron chi connectivity index (χ1n) is 24.2. The van der Waals surface area contributed by atoms with Crippen molar-refractivity contribution in [1.29, 1.82) is 0 Å². The Kier molecular flexibility index (Phi) is 13.6. The number of ether oxygens (including phenoxy) is 4. The van der Waals surface area contributed by atoms with Gasteiger partial charge in [-0.25, -0.2) is 0 Å². The van der Waals surface area contributed by atoms with Gasteiger partial charge in [-0.3, -0.25) is 34.0 Å². The van der Waals surface area contributed by atoms with Gasteiger partial charge in [0.25, 0.3) is 11.8 Å². The number of allylic oxidation sites excluding steroid dienone is 1. The van der Waals surface area contributed by atoms with E-state index in [2.05, 4.69) is 35.0 Å². The molecule has 0 saturated carbocycles. The summed E-state index contributed by atoms with van der Waals surface area (Å²) >= 11 is 1.33. The van der Waals surface area contributed by atoms with E-state index in [1.165, 1.54) is 24.5 Å². The van der Waals surface area contributed by atoms with E-state index in [4.69, 9.17) is 23.9 Å². The highest BCUT2D eigenvalue weighted by Crippen LogP contribution is 2.43. The highest BCUT2D eigenvalue weighted by Gasteiger charge is 2.40. The normalized spacial score (nSPS) is 18.3. The van der Waals surface area contributed by atoms with Crippen LogP contribution in [0.2, 0.25) is 0 Å². The molecule has 3 atom stereocenters. The van der Waals surface area contributed by atoms with Gasteiger partial charge in [0.1, 0.15) is 13.2 Å². The van der Waals surface area contributed by atoms with Crippen molar-refractivity contribution in [2.45, 2.75) is 69.1 Å². The summed E-state index contributed by atoms with van der Waals surface area (Å²) in [6.45, 7) is 5.85. The summed E-state index contributed by atoms with van der Waals surface area (Å²) in [4.78, 5) is 78.0. The molecule has 0 aliphatic carbocycles. The smallest absolute Gasteiger partial charge is 0.261 e. The molecular weight excluding hydrogens is 932 g/mol. The molecule has 1 N–H and O–H groups in total. The van der Waals surface area contributed by atoms with Crippen LogP contribution in [0, 0.1) is 0 Å². The molecule has 15 nitrogen and oxygen atoms in total. The number of rotatable bonds is 18. The van der Waals surface area contributed by atoms with Gasteiger partial charge in [0, 0.05) is 81.4 Å². The number of methoxy groups -OCH3 is 2. The third-order valence-corrected chi connectivity index (χ3v) is 15.1. The Bertz CT molecular complexity index is 3070. The van der Waals surface area contributed by atoms with Crippen LogP contribution in [0.25, 0.3) is 0 Å². The maximum atomic E-state index is 14.1. The quantitative estimate of drug-likeness (QED) is 0.0692. The Labute approximate surface area is 423 Å². The number of hydrogen-bond donors (Lipinski definition) is 1. The highest BCUT2D eigenvalue weighted by molar-refractivity contribution is 8.04. The summed E-state index contributed by atoms with van der Waals surface area (Å²) in [7, 11) is 6.56. The van der Waals surface area contributed by atoms with Crippen LogP contribution < -0.4 is 39.0 Å². The third-order valence-electron chi connectivity index (χ3n) is 13.9. The summed E-state index contributed by atoms with van der Waals surface area (Å²) in [5.74, 6) is 0.962. The zero-order valence-corrected chi connectivity index (χ0v) is 41.6. The Morgan fingerprint density at radius 2 is 1.43 bits per heavy atom. The van der Waals surface area contributed by atoms with Gasteiger partial charge in [0.15, 0.2) is 30.8 Å². The molecule has 0 aromatic heterocycles. The first-order valence-corrected chi connectivity index (χ1v) is 25.1. The maximum absolute atomic E-state index is 14.1. The number of hydrogen-bond acceptors (Lipinski definition) is 13. The third kappa shape index (κ3) is 9.52. The lowest BCUT2D eigenvalue weighted by Crippen LogP contribution is -2.39. The first kappa shape index (κ1) is 48.1. The second-order valence-electron chi connectivity index (χ2n) is 18.8. The SMILES string of the molecule is BC(=O)CCN1C(=O)CC(SC(=C)CCCN(C)c2cc(COc3cc4c(cc3OC)C(=O)N3c5ccccc5C[C@H]3C=N4)cc(COc3cc4c(cc3OC)C(=O)N3c5ccccc5C[C@H]3CN4)c2)C1=O. The van der Waals surface area contributed by atoms with Crippen LogP contribution in [0.5, 0.6) is 23.0 Å². The van der Waals surface area contributed by atoms with Crippen molar-refractivity contribution in [3.8, 4) is 23.0 Å². The van der Waals surface area contributed by atoms with Crippen LogP contribution in [0.15, 0.2) is 107 Å². The van der Waals surface area contributed by atoms with Crippen LogP contribution in [0.4, 0.5) is 28.4 Å². The molecule has 1 fully saturated rings. The Balaban J connectivity index is 0.872. The van der Waals surface area contributed by atoms with Crippen molar-refractivity contribution in [1.82, 2.24) is 4.90 Å². The molecule has 5 aliphatic heterocycles. The number of carbonyl (C=O) groups is 5. The molecule has 5 aromatic carbocycles. The number of fused-ring (bicyclic) bond motifs is 8. The number of amides is 4. The number of aliphatic imine (C=N–C) groups is 1. The number of carbonyl (C=O) groups excluding carboxylic acids is 5. The first-order chi connectivity index (χ1) is 34.9. The van der Waals surface area contributed by atoms with E-state index in [-0.39, 0.29) is 74.0 Å². The molecule has 0 bridgehead atoms. The number of benzene rings is 5. The summed E-state index contributed by atoms with van der Waals surface area (Å²) in [6, 6.07) is 28.9. The molecule has 4 amide bonds. The van der Waals surface area contributed by atoms with Gasteiger partial charge in [0.2, 0.25) is 11.8 Å². The average molecular weight is 987 g/mol. The van der Waals surface area contributed by atoms with E-state index in [1.807, 2.05) is 72.8 Å². The van der Waals surface area contributed by atoms with Crippen LogP contribution >= 0.6 is 11.8 Å². The molecule has 5 aliphatic rings. The number of imide groups is 1. The van der Waals surface area contributed by atoms with E-state index in [0.717, 1.165) is 57.1 Å². The number of nitrogens with one attached hydrogen (secondary N) is 1. The zero-order chi connectivity index (χ0) is 50.2. The Morgan fingerprint density at radius 3 is 2.12 bits per heavy atom. The summed E-state index contributed by atoms with van der Waals surface area (Å²) < 4.78 is 24.7. The molecule has 1 saturated heterocycles. The number of likely N-dealkylation sites (tertiary alicyclic amines) is 1. The van der Waals surface area contributed by atoms with Crippen LogP contribution in [-0.4, -0.2) is 107 Å².